The maximum absolute atomic E-state index is 14.1. The molecule has 43 heavy (non-hydrogen) atoms. The zero-order valence-electron chi connectivity index (χ0n) is 23.7. The van der Waals surface area contributed by atoms with Gasteiger partial charge in [0, 0.05) is 0 Å². The second kappa shape index (κ2) is 12.6. The van der Waals surface area contributed by atoms with E-state index in [9.17, 15) is 24.8 Å². The third kappa shape index (κ3) is 6.38. The predicted molar refractivity (Wildman–Crippen MR) is 152 cm³/mol. The number of carbonyl (C=O) groups is 1. The number of nitriles is 1. The van der Waals surface area contributed by atoms with Gasteiger partial charge in [0.05, 0.1) is 12.3 Å². The van der Waals surface area contributed by atoms with Gasteiger partial charge in [-0.15, -0.1) is 0 Å². The van der Waals surface area contributed by atoms with Crippen molar-refractivity contribution in [2.45, 2.75) is 74.9 Å². The fourth-order valence-electron chi connectivity index (χ4n) is 5.33. The Morgan fingerprint density at radius 2 is 1.98 bits per heavy atom. The van der Waals surface area contributed by atoms with E-state index in [-0.39, 0.29) is 23.4 Å². The molecule has 0 radical (unpaired) electrons. The Bertz CT molecular complexity index is 1520. The van der Waals surface area contributed by atoms with Gasteiger partial charge in [0.1, 0.15) is 48.5 Å². The first-order chi connectivity index (χ1) is 20.6. The van der Waals surface area contributed by atoms with Crippen molar-refractivity contribution in [2.75, 3.05) is 18.9 Å². The molecule has 1 aliphatic carbocycles. The average molecular weight is 615 g/mol. The summed E-state index contributed by atoms with van der Waals surface area (Å²) in [5, 5.41) is 39.7. The molecule has 230 valence electrons. The smallest absolute Gasteiger partial charge is 0.459 e. The summed E-state index contributed by atoms with van der Waals surface area (Å²) in [6.07, 6.45) is 4.67. The van der Waals surface area contributed by atoms with Crippen LogP contribution in [0.4, 0.5) is 5.82 Å². The summed E-state index contributed by atoms with van der Waals surface area (Å²) >= 11 is 0. The van der Waals surface area contributed by atoms with Crippen LogP contribution in [0.1, 0.15) is 51.1 Å². The number of benzene rings is 1. The second-order valence-corrected chi connectivity index (χ2v) is 12.5. The molecular formula is C28H35N6O8P. The molecule has 1 saturated carbocycles. The third-order valence-corrected chi connectivity index (χ3v) is 9.39. The average Bonchev–Trinajstić information content (AvgIpc) is 3.43. The standard InChI is InChI=1S/C28H35N6O8P/c1-19(25(35)41-20-9-5-2-3-6-10-20)33-43(38,42-21-11-7-4-8-12-21)40-16-27(15-29)26(36)28(37,17-39-27)23-14-13-22-24(30)31-18-32-34(22)23/h4,7-8,11-14,18-20,26,36-37H,2-3,5-6,9-10,16-17H2,1H3,(H,33,38)(H2,30,31,32)/t19-,26+,27+,28+,43?/m0/s1. The number of ether oxygens (including phenoxy) is 2. The van der Waals surface area contributed by atoms with Crippen molar-refractivity contribution < 1.29 is 38.1 Å². The van der Waals surface area contributed by atoms with E-state index in [4.69, 9.17) is 24.3 Å². The van der Waals surface area contributed by atoms with Gasteiger partial charge in [0.15, 0.2) is 11.4 Å². The number of fused-ring (bicyclic) bond motifs is 1. The Morgan fingerprint density at radius 3 is 2.67 bits per heavy atom. The number of rotatable bonds is 10. The summed E-state index contributed by atoms with van der Waals surface area (Å²) in [7, 11) is -4.41. The molecule has 15 heteroatoms. The lowest BCUT2D eigenvalue weighted by Crippen LogP contribution is -2.51. The number of nitrogen functional groups attached to an aromatic ring is 1. The number of para-hydroxylation sites is 1. The molecule has 0 amide bonds. The molecular weight excluding hydrogens is 579 g/mol. The first-order valence-electron chi connectivity index (χ1n) is 14.1. The largest absolute Gasteiger partial charge is 0.461 e. The summed E-state index contributed by atoms with van der Waals surface area (Å²) in [6.45, 7) is 0.145. The van der Waals surface area contributed by atoms with E-state index in [1.807, 2.05) is 6.07 Å². The number of nitrogens with two attached hydrogens (primary N) is 1. The van der Waals surface area contributed by atoms with Crippen molar-refractivity contribution in [3.05, 3.63) is 54.5 Å². The highest BCUT2D eigenvalue weighted by Gasteiger charge is 2.61. The van der Waals surface area contributed by atoms with E-state index in [0.717, 1.165) is 38.5 Å². The highest BCUT2D eigenvalue weighted by molar-refractivity contribution is 7.52. The third-order valence-electron chi connectivity index (χ3n) is 7.77. The van der Waals surface area contributed by atoms with Crippen LogP contribution in [0.15, 0.2) is 48.8 Å². The number of hydrogen-bond donors (Lipinski definition) is 4. The maximum Gasteiger partial charge on any atom is 0.459 e. The maximum atomic E-state index is 14.1. The van der Waals surface area contributed by atoms with Crippen molar-refractivity contribution in [1.29, 1.82) is 5.26 Å². The first kappa shape index (κ1) is 30.9. The number of aliphatic hydroxyl groups is 2. The molecule has 14 nitrogen and oxygen atoms in total. The van der Waals surface area contributed by atoms with E-state index in [1.54, 1.807) is 24.3 Å². The number of carbonyl (C=O) groups excluding carboxylic acids is 1. The number of anilines is 1. The molecule has 5 rings (SSSR count). The summed E-state index contributed by atoms with van der Waals surface area (Å²) in [6, 6.07) is 11.9. The molecule has 0 bridgehead atoms. The number of aliphatic hydroxyl groups excluding tert-OH is 1. The molecule has 1 aliphatic heterocycles. The number of nitrogens with one attached hydrogen (secondary N) is 1. The number of aromatic nitrogens is 3. The molecule has 1 saturated heterocycles. The topological polar surface area (TPSA) is 204 Å². The Labute approximate surface area is 248 Å². The van der Waals surface area contributed by atoms with Crippen LogP contribution in [-0.2, 0) is 29.0 Å². The lowest BCUT2D eigenvalue weighted by molar-refractivity contribution is -0.151. The van der Waals surface area contributed by atoms with Crippen LogP contribution in [0.2, 0.25) is 0 Å². The van der Waals surface area contributed by atoms with Crippen LogP contribution in [0.25, 0.3) is 5.52 Å². The summed E-state index contributed by atoms with van der Waals surface area (Å²) in [5.41, 5.74) is 2.06. The number of esters is 1. The zero-order valence-corrected chi connectivity index (χ0v) is 24.6. The van der Waals surface area contributed by atoms with Crippen molar-refractivity contribution >= 4 is 25.1 Å². The van der Waals surface area contributed by atoms with Crippen LogP contribution in [0.5, 0.6) is 5.75 Å². The number of nitrogens with zero attached hydrogens (tertiary/aromatic N) is 4. The Balaban J connectivity index is 1.35. The molecule has 5 atom stereocenters. The molecule has 5 N–H and O–H groups in total. The summed E-state index contributed by atoms with van der Waals surface area (Å²) in [4.78, 5) is 16.9. The van der Waals surface area contributed by atoms with Crippen LogP contribution in [0, 0.1) is 11.3 Å². The second-order valence-electron chi connectivity index (χ2n) is 10.9. The van der Waals surface area contributed by atoms with Gasteiger partial charge in [-0.1, -0.05) is 31.0 Å². The van der Waals surface area contributed by atoms with Gasteiger partial charge in [-0.25, -0.2) is 14.1 Å². The van der Waals surface area contributed by atoms with Crippen LogP contribution in [0.3, 0.4) is 0 Å². The van der Waals surface area contributed by atoms with Gasteiger partial charge in [-0.2, -0.15) is 15.4 Å². The van der Waals surface area contributed by atoms with Gasteiger partial charge in [0.25, 0.3) is 0 Å². The molecule has 3 aromatic rings. The Hall–Kier alpha value is -3.57. The quantitative estimate of drug-likeness (QED) is 0.147. The normalized spacial score (nSPS) is 26.7. The number of hydrogen-bond acceptors (Lipinski definition) is 12. The van der Waals surface area contributed by atoms with Crippen molar-refractivity contribution in [3.8, 4) is 11.8 Å². The van der Waals surface area contributed by atoms with E-state index >= 15 is 0 Å². The zero-order chi connectivity index (χ0) is 30.7. The van der Waals surface area contributed by atoms with E-state index < -0.39 is 50.3 Å². The minimum atomic E-state index is -4.41. The van der Waals surface area contributed by atoms with Gasteiger partial charge >= 0.3 is 13.7 Å². The highest BCUT2D eigenvalue weighted by atomic mass is 31.2. The highest BCUT2D eigenvalue weighted by Crippen LogP contribution is 2.48. The molecule has 1 aromatic carbocycles. The van der Waals surface area contributed by atoms with Crippen LogP contribution >= 0.6 is 7.75 Å². The minimum absolute atomic E-state index is 0.0953. The lowest BCUT2D eigenvalue weighted by Gasteiger charge is -2.31. The van der Waals surface area contributed by atoms with Gasteiger partial charge < -0.3 is 29.9 Å². The van der Waals surface area contributed by atoms with Crippen LogP contribution < -0.4 is 15.3 Å². The van der Waals surface area contributed by atoms with Gasteiger partial charge in [0.2, 0.25) is 5.60 Å². The molecule has 0 spiro atoms. The Morgan fingerprint density at radius 1 is 1.26 bits per heavy atom. The minimum Gasteiger partial charge on any atom is -0.461 e. The molecule has 2 aromatic heterocycles. The van der Waals surface area contributed by atoms with E-state index in [2.05, 4.69) is 15.2 Å². The lowest BCUT2D eigenvalue weighted by atomic mass is 9.86. The van der Waals surface area contributed by atoms with E-state index in [0.29, 0.717) is 5.52 Å². The fraction of sp³-hybridized carbons (Fsp3) is 0.500. The van der Waals surface area contributed by atoms with Gasteiger partial charge in [-0.3, -0.25) is 9.32 Å². The van der Waals surface area contributed by atoms with E-state index in [1.165, 1.54) is 36.0 Å². The SMILES string of the molecule is C[C@H](NP(=O)(OC[C@@]1(C#N)OC[C@@](O)(c2ccc3c(N)ncnn23)[C@@H]1O)Oc1ccccc1)C(=O)OC1CCCCCC1. The molecule has 1 unspecified atom stereocenters. The van der Waals surface area contributed by atoms with Crippen molar-refractivity contribution in [2.24, 2.45) is 0 Å². The molecule has 2 aliphatic rings. The Kier molecular flexibility index (Phi) is 9.03. The molecule has 3 heterocycles. The summed E-state index contributed by atoms with van der Waals surface area (Å²) < 4.78 is 38.0. The predicted octanol–water partition coefficient (Wildman–Crippen LogP) is 2.60. The summed E-state index contributed by atoms with van der Waals surface area (Å²) in [5.74, 6) is -0.324. The van der Waals surface area contributed by atoms with Crippen LogP contribution in [-0.4, -0.2) is 67.8 Å². The molecule has 2 fully saturated rings. The van der Waals surface area contributed by atoms with Crippen molar-refractivity contribution in [3.63, 3.8) is 0 Å². The van der Waals surface area contributed by atoms with Crippen molar-refractivity contribution in [1.82, 2.24) is 19.7 Å². The van der Waals surface area contributed by atoms with Gasteiger partial charge in [-0.05, 0) is 56.9 Å². The monoisotopic (exact) mass is 614 g/mol. The first-order valence-corrected chi connectivity index (χ1v) is 15.7. The fourth-order valence-corrected chi connectivity index (χ4v) is 6.85.